The summed E-state index contributed by atoms with van der Waals surface area (Å²) in [4.78, 5) is 23.5. The van der Waals surface area contributed by atoms with Crippen LogP contribution in [0.2, 0.25) is 0 Å². The molecule has 0 N–H and O–H groups in total. The highest BCUT2D eigenvalue weighted by molar-refractivity contribution is 5.69. The van der Waals surface area contributed by atoms with E-state index in [1.54, 1.807) is 0 Å². The summed E-state index contributed by atoms with van der Waals surface area (Å²) in [7, 11) is 0. The third kappa shape index (κ3) is 5.34. The largest absolute Gasteiger partial charge is 0.461 e. The van der Waals surface area contributed by atoms with Gasteiger partial charge in [0.1, 0.15) is 12.4 Å². The standard InChI is InChI=1S/C25H38O3.2C2H6.2CH4/c1-6-10-24(4)18(9-12-26)16-14-17(16)22-19(24)8-11-25(5)20(22)13-15(3)23(25)28-21(27)7-2;2*1-2;;/h9,12,15-17,19-20,22-23H,6-8,10-11,13-14H2,1-5H3;2*1-2H3;2*1H4/b18-9-;;;;. The lowest BCUT2D eigenvalue weighted by Gasteiger charge is -2.57. The van der Waals surface area contributed by atoms with Crippen molar-refractivity contribution in [2.24, 2.45) is 46.3 Å². The smallest absolute Gasteiger partial charge is 0.305 e. The van der Waals surface area contributed by atoms with Gasteiger partial charge in [-0.1, -0.05) is 89.2 Å². The van der Waals surface area contributed by atoms with Gasteiger partial charge >= 0.3 is 5.97 Å². The molecule has 3 heteroatoms. The average Bonchev–Trinajstić information content (AvgIpc) is 3.54. The SMILES string of the molecule is C.C.CC.CC.CCCC1(C)/C(=C\C=O)C2CC2C2C1CCC1(C)C2CC(C)C1OC(=O)CC. The number of fused-ring (bicyclic) bond motifs is 5. The second kappa shape index (κ2) is 13.3. The maximum absolute atomic E-state index is 12.1. The molecule has 4 saturated carbocycles. The van der Waals surface area contributed by atoms with Crippen molar-refractivity contribution in [3.63, 3.8) is 0 Å². The Bertz CT molecular complexity index is 682. The van der Waals surface area contributed by atoms with Crippen molar-refractivity contribution in [1.29, 1.82) is 0 Å². The van der Waals surface area contributed by atoms with Crippen LogP contribution in [0.25, 0.3) is 0 Å². The number of hydrogen-bond donors (Lipinski definition) is 0. The van der Waals surface area contributed by atoms with Crippen LogP contribution in [0.5, 0.6) is 0 Å². The highest BCUT2D eigenvalue weighted by Gasteiger charge is 2.68. The van der Waals surface area contributed by atoms with Crippen molar-refractivity contribution < 1.29 is 14.3 Å². The quantitative estimate of drug-likeness (QED) is 0.225. The first-order valence-corrected chi connectivity index (χ1v) is 13.7. The van der Waals surface area contributed by atoms with E-state index < -0.39 is 0 Å². The van der Waals surface area contributed by atoms with Crippen molar-refractivity contribution in [3.8, 4) is 0 Å². The molecular weight excluding hydrogens is 420 g/mol. The third-order valence-corrected chi connectivity index (χ3v) is 9.34. The summed E-state index contributed by atoms with van der Waals surface area (Å²) < 4.78 is 6.04. The molecular formula is C31H58O3. The molecule has 9 unspecified atom stereocenters. The molecule has 0 saturated heterocycles. The summed E-state index contributed by atoms with van der Waals surface area (Å²) in [5.74, 6) is 3.84. The molecule has 0 radical (unpaired) electrons. The van der Waals surface area contributed by atoms with Crippen LogP contribution in [-0.2, 0) is 14.3 Å². The Hall–Kier alpha value is -1.12. The van der Waals surface area contributed by atoms with Crippen LogP contribution in [0.1, 0.15) is 122 Å². The molecule has 3 nitrogen and oxygen atoms in total. The molecule has 34 heavy (non-hydrogen) atoms. The van der Waals surface area contributed by atoms with Crippen LogP contribution in [0.15, 0.2) is 11.6 Å². The lowest BCUT2D eigenvalue weighted by Crippen LogP contribution is -2.52. The van der Waals surface area contributed by atoms with E-state index in [2.05, 4.69) is 27.7 Å². The Kier molecular flexibility index (Phi) is 12.8. The predicted molar refractivity (Wildman–Crippen MR) is 147 cm³/mol. The minimum absolute atomic E-state index is 0. The molecule has 9 atom stereocenters. The van der Waals surface area contributed by atoms with Gasteiger partial charge in [-0.2, -0.15) is 0 Å². The molecule has 4 rings (SSSR count). The van der Waals surface area contributed by atoms with Gasteiger partial charge in [0.25, 0.3) is 0 Å². The van der Waals surface area contributed by atoms with Crippen molar-refractivity contribution in [1.82, 2.24) is 0 Å². The Morgan fingerprint density at radius 2 is 1.68 bits per heavy atom. The third-order valence-electron chi connectivity index (χ3n) is 9.34. The van der Waals surface area contributed by atoms with E-state index in [4.69, 9.17) is 4.74 Å². The number of carbonyl (C=O) groups excluding carboxylic acids is 2. The highest BCUT2D eigenvalue weighted by atomic mass is 16.5. The van der Waals surface area contributed by atoms with Crippen LogP contribution in [0, 0.1) is 46.3 Å². The fourth-order valence-electron chi connectivity index (χ4n) is 8.21. The second-order valence-corrected chi connectivity index (χ2v) is 10.7. The molecule has 0 amide bonds. The van der Waals surface area contributed by atoms with Gasteiger partial charge in [-0.25, -0.2) is 0 Å². The van der Waals surface area contributed by atoms with Gasteiger partial charge in [0.15, 0.2) is 0 Å². The van der Waals surface area contributed by atoms with Crippen LogP contribution in [-0.4, -0.2) is 18.4 Å². The average molecular weight is 479 g/mol. The summed E-state index contributed by atoms with van der Waals surface area (Å²) in [6, 6.07) is 0. The Morgan fingerprint density at radius 3 is 2.21 bits per heavy atom. The zero-order chi connectivity index (χ0) is 24.3. The molecule has 200 valence electrons. The van der Waals surface area contributed by atoms with E-state index in [0.717, 1.165) is 24.5 Å². The van der Waals surface area contributed by atoms with E-state index >= 15 is 0 Å². The van der Waals surface area contributed by atoms with Crippen molar-refractivity contribution in [3.05, 3.63) is 11.6 Å². The first kappa shape index (κ1) is 32.9. The summed E-state index contributed by atoms with van der Waals surface area (Å²) in [6.45, 7) is 19.3. The second-order valence-electron chi connectivity index (χ2n) is 10.7. The summed E-state index contributed by atoms with van der Waals surface area (Å²) in [6.07, 6.45) is 10.7. The summed E-state index contributed by atoms with van der Waals surface area (Å²) in [5.41, 5.74) is 1.75. The van der Waals surface area contributed by atoms with Gasteiger partial charge in [-0.05, 0) is 79.1 Å². The number of rotatable bonds is 5. The molecule has 0 aromatic rings. The number of aldehydes is 1. The zero-order valence-electron chi connectivity index (χ0n) is 22.4. The molecule has 4 fully saturated rings. The van der Waals surface area contributed by atoms with Crippen molar-refractivity contribution >= 4 is 12.3 Å². The first-order valence-electron chi connectivity index (χ1n) is 13.7. The molecule has 4 aliphatic carbocycles. The van der Waals surface area contributed by atoms with Crippen LogP contribution >= 0.6 is 0 Å². The van der Waals surface area contributed by atoms with Gasteiger partial charge < -0.3 is 4.74 Å². The maximum Gasteiger partial charge on any atom is 0.305 e. The van der Waals surface area contributed by atoms with Crippen molar-refractivity contribution in [2.45, 2.75) is 128 Å². The molecule has 4 aliphatic rings. The van der Waals surface area contributed by atoms with Gasteiger partial charge in [0.05, 0.1) is 0 Å². The number of allylic oxidation sites excluding steroid dienone is 2. The van der Waals surface area contributed by atoms with Crippen LogP contribution < -0.4 is 0 Å². The number of hydrogen-bond acceptors (Lipinski definition) is 3. The topological polar surface area (TPSA) is 43.4 Å². The van der Waals surface area contributed by atoms with Gasteiger partial charge in [-0.3, -0.25) is 9.59 Å². The maximum atomic E-state index is 12.1. The van der Waals surface area contributed by atoms with Crippen LogP contribution in [0.3, 0.4) is 0 Å². The van der Waals surface area contributed by atoms with Crippen molar-refractivity contribution in [2.75, 3.05) is 0 Å². The fourth-order valence-corrected chi connectivity index (χ4v) is 8.21. The molecule has 0 bridgehead atoms. The minimum Gasteiger partial charge on any atom is -0.461 e. The van der Waals surface area contributed by atoms with E-state index in [-0.39, 0.29) is 37.8 Å². The zero-order valence-corrected chi connectivity index (χ0v) is 22.4. The van der Waals surface area contributed by atoms with Crippen LogP contribution in [0.4, 0.5) is 0 Å². The predicted octanol–water partition coefficient (Wildman–Crippen LogP) is 8.90. The number of esters is 1. The van der Waals surface area contributed by atoms with Gasteiger partial charge in [0.2, 0.25) is 0 Å². The lowest BCUT2D eigenvalue weighted by molar-refractivity contribution is -0.162. The summed E-state index contributed by atoms with van der Waals surface area (Å²) >= 11 is 0. The number of carbonyl (C=O) groups is 2. The van der Waals surface area contributed by atoms with E-state index in [0.29, 0.717) is 30.1 Å². The minimum atomic E-state index is -0.0409. The highest BCUT2D eigenvalue weighted by Crippen LogP contribution is 2.73. The van der Waals surface area contributed by atoms with Gasteiger partial charge in [0, 0.05) is 11.8 Å². The number of ether oxygens (including phenoxy) is 1. The molecule has 0 spiro atoms. The molecule has 0 aliphatic heterocycles. The molecule has 0 heterocycles. The lowest BCUT2D eigenvalue weighted by atomic mass is 9.48. The van der Waals surface area contributed by atoms with Gasteiger partial charge in [-0.15, -0.1) is 0 Å². The monoisotopic (exact) mass is 478 g/mol. The first-order chi connectivity index (χ1) is 15.3. The van der Waals surface area contributed by atoms with E-state index in [1.165, 1.54) is 37.7 Å². The van der Waals surface area contributed by atoms with E-state index in [1.807, 2.05) is 40.7 Å². The Balaban J connectivity index is 0.00000173. The Labute approximate surface area is 212 Å². The normalized spacial score (nSPS) is 41.9. The van der Waals surface area contributed by atoms with E-state index in [9.17, 15) is 9.59 Å². The summed E-state index contributed by atoms with van der Waals surface area (Å²) in [5, 5.41) is 0. The fraction of sp³-hybridized carbons (Fsp3) is 0.871. The Morgan fingerprint density at radius 1 is 1.06 bits per heavy atom. The molecule has 0 aromatic heterocycles. The molecule has 0 aromatic carbocycles.